The van der Waals surface area contributed by atoms with Gasteiger partial charge >= 0.3 is 0 Å². The molecule has 0 bridgehead atoms. The van der Waals surface area contributed by atoms with Gasteiger partial charge < -0.3 is 4.74 Å². The third-order valence-corrected chi connectivity index (χ3v) is 3.18. The zero-order valence-electron chi connectivity index (χ0n) is 11.4. The van der Waals surface area contributed by atoms with Crippen LogP contribution >= 0.6 is 15.9 Å². The summed E-state index contributed by atoms with van der Waals surface area (Å²) in [5, 5.41) is 1.21. The van der Waals surface area contributed by atoms with E-state index in [0.717, 1.165) is 22.1 Å². The predicted molar refractivity (Wildman–Crippen MR) is 81.2 cm³/mol. The Morgan fingerprint density at radius 2 is 2.05 bits per heavy atom. The maximum Gasteiger partial charge on any atom is 0.293 e. The molecule has 0 radical (unpaired) electrons. The van der Waals surface area contributed by atoms with Crippen molar-refractivity contribution >= 4 is 33.3 Å². The summed E-state index contributed by atoms with van der Waals surface area (Å²) in [6, 6.07) is 8.41. The van der Waals surface area contributed by atoms with Crippen molar-refractivity contribution in [3.63, 3.8) is 0 Å². The van der Waals surface area contributed by atoms with Crippen LogP contribution in [0.25, 0.3) is 10.9 Å². The van der Waals surface area contributed by atoms with Gasteiger partial charge in [0.2, 0.25) is 0 Å². The molecule has 3 nitrogen and oxygen atoms in total. The number of hydrogen-bond donors (Lipinski definition) is 0. The minimum Gasteiger partial charge on any atom is -0.468 e. The van der Waals surface area contributed by atoms with Crippen LogP contribution < -0.4 is 0 Å². The third-order valence-electron chi connectivity index (χ3n) is 2.69. The highest BCUT2D eigenvalue weighted by molar-refractivity contribution is 9.10. The first-order valence-electron chi connectivity index (χ1n) is 6.23. The molecule has 2 rings (SSSR count). The number of rotatable bonds is 3. The number of carbonyl (C=O) groups excluding carboxylic acids is 1. The average Bonchev–Trinajstić information content (AvgIpc) is 2.40. The van der Waals surface area contributed by atoms with Gasteiger partial charge in [0.05, 0.1) is 12.1 Å². The lowest BCUT2D eigenvalue weighted by Gasteiger charge is -2.05. The van der Waals surface area contributed by atoms with E-state index < -0.39 is 0 Å². The summed E-state index contributed by atoms with van der Waals surface area (Å²) in [4.78, 5) is 13.7. The molecule has 0 aliphatic heterocycles. The molecule has 102 valence electrons. The maximum atomic E-state index is 9.18. The smallest absolute Gasteiger partial charge is 0.293 e. The predicted octanol–water partition coefficient (Wildman–Crippen LogP) is 4.05. The zero-order chi connectivity index (χ0) is 14.3. The molecule has 0 unspecified atom stereocenters. The second kappa shape index (κ2) is 7.89. The van der Waals surface area contributed by atoms with E-state index in [1.807, 2.05) is 12.1 Å². The number of aryl methyl sites for hydroxylation is 2. The van der Waals surface area contributed by atoms with Crippen LogP contribution in [0.4, 0.5) is 0 Å². The van der Waals surface area contributed by atoms with Gasteiger partial charge in [0.1, 0.15) is 0 Å². The summed E-state index contributed by atoms with van der Waals surface area (Å²) < 4.78 is 5.26. The lowest BCUT2D eigenvalue weighted by atomic mass is 10.1. The molecule has 0 atom stereocenters. The van der Waals surface area contributed by atoms with Crippen LogP contribution in [0.3, 0.4) is 0 Å². The zero-order valence-corrected chi connectivity index (χ0v) is 13.0. The second-order valence-corrected chi connectivity index (χ2v) is 4.89. The summed E-state index contributed by atoms with van der Waals surface area (Å²) in [6.07, 6.45) is 1.04. The van der Waals surface area contributed by atoms with Gasteiger partial charge in [-0.25, -0.2) is 0 Å². The molecule has 0 saturated heterocycles. The van der Waals surface area contributed by atoms with E-state index in [1.54, 1.807) is 6.92 Å². The molecule has 1 aromatic carbocycles. The van der Waals surface area contributed by atoms with E-state index >= 15 is 0 Å². The molecule has 4 heteroatoms. The normalized spacial score (nSPS) is 9.68. The molecule has 1 aromatic heterocycles. The largest absolute Gasteiger partial charge is 0.468 e. The lowest BCUT2D eigenvalue weighted by Crippen LogP contribution is -1.91. The van der Waals surface area contributed by atoms with Gasteiger partial charge in [-0.05, 0) is 50.1 Å². The van der Waals surface area contributed by atoms with Crippen LogP contribution in [0, 0.1) is 6.92 Å². The van der Waals surface area contributed by atoms with Crippen molar-refractivity contribution in [3.8, 4) is 0 Å². The number of carbonyl (C=O) groups is 1. The average molecular weight is 324 g/mol. The third kappa shape index (κ3) is 4.63. The molecule has 0 saturated carbocycles. The van der Waals surface area contributed by atoms with Gasteiger partial charge in [0.25, 0.3) is 6.47 Å². The molecule has 1 heterocycles. The SMILES string of the molecule is CCOC=O.CCc1cc2cc(Br)ccc2nc1C. The summed E-state index contributed by atoms with van der Waals surface area (Å²) in [5.74, 6) is 0. The fourth-order valence-electron chi connectivity index (χ4n) is 1.71. The van der Waals surface area contributed by atoms with Gasteiger partial charge in [0.15, 0.2) is 0 Å². The van der Waals surface area contributed by atoms with Crippen molar-refractivity contribution in [2.45, 2.75) is 27.2 Å². The summed E-state index contributed by atoms with van der Waals surface area (Å²) in [6.45, 7) is 6.89. The minimum absolute atomic E-state index is 0.431. The van der Waals surface area contributed by atoms with Crippen molar-refractivity contribution in [3.05, 3.63) is 40.0 Å². The number of aromatic nitrogens is 1. The number of nitrogens with zero attached hydrogens (tertiary/aromatic N) is 1. The molecule has 0 N–H and O–H groups in total. The van der Waals surface area contributed by atoms with Crippen LogP contribution in [0.15, 0.2) is 28.7 Å². The van der Waals surface area contributed by atoms with Crippen molar-refractivity contribution in [1.29, 1.82) is 0 Å². The molecular weight excluding hydrogens is 306 g/mol. The number of hydrogen-bond acceptors (Lipinski definition) is 3. The van der Waals surface area contributed by atoms with Crippen LogP contribution in [0.5, 0.6) is 0 Å². The van der Waals surface area contributed by atoms with E-state index in [4.69, 9.17) is 0 Å². The summed E-state index contributed by atoms with van der Waals surface area (Å²) in [7, 11) is 0. The Bertz CT molecular complexity index is 555. The molecule has 0 aliphatic rings. The molecule has 0 aliphatic carbocycles. The van der Waals surface area contributed by atoms with Crippen LogP contribution in [-0.4, -0.2) is 18.1 Å². The van der Waals surface area contributed by atoms with E-state index in [9.17, 15) is 4.79 Å². The minimum atomic E-state index is 0.431. The number of ether oxygens (including phenoxy) is 1. The highest BCUT2D eigenvalue weighted by Crippen LogP contribution is 2.21. The molecule has 0 amide bonds. The molecular formula is C15H18BrNO2. The van der Waals surface area contributed by atoms with E-state index in [2.05, 4.69) is 51.6 Å². The van der Waals surface area contributed by atoms with E-state index in [1.165, 1.54) is 10.9 Å². The maximum absolute atomic E-state index is 9.18. The molecule has 2 aromatic rings. The van der Waals surface area contributed by atoms with Gasteiger partial charge in [-0.15, -0.1) is 0 Å². The van der Waals surface area contributed by atoms with Gasteiger partial charge in [-0.2, -0.15) is 0 Å². The van der Waals surface area contributed by atoms with Crippen molar-refractivity contribution < 1.29 is 9.53 Å². The monoisotopic (exact) mass is 323 g/mol. The van der Waals surface area contributed by atoms with Crippen molar-refractivity contribution in [2.24, 2.45) is 0 Å². The van der Waals surface area contributed by atoms with Crippen molar-refractivity contribution in [1.82, 2.24) is 4.98 Å². The van der Waals surface area contributed by atoms with Crippen LogP contribution in [0.1, 0.15) is 25.1 Å². The first-order chi connectivity index (χ1) is 9.12. The molecule has 19 heavy (non-hydrogen) atoms. The fourth-order valence-corrected chi connectivity index (χ4v) is 2.09. The van der Waals surface area contributed by atoms with Crippen LogP contribution in [0.2, 0.25) is 0 Å². The quantitative estimate of drug-likeness (QED) is 0.800. The standard InChI is InChI=1S/C12H12BrN.C3H6O2/c1-3-9-6-10-7-11(13)4-5-12(10)14-8(9)2;1-2-5-3-4/h4-7H,3H2,1-2H3;3H,2H2,1H3. The van der Waals surface area contributed by atoms with E-state index in [-0.39, 0.29) is 0 Å². The fraction of sp³-hybridized carbons (Fsp3) is 0.333. The van der Waals surface area contributed by atoms with Crippen molar-refractivity contribution in [2.75, 3.05) is 6.61 Å². The number of fused-ring (bicyclic) bond motifs is 1. The Balaban J connectivity index is 0.000000312. The van der Waals surface area contributed by atoms with E-state index in [0.29, 0.717) is 13.1 Å². The second-order valence-electron chi connectivity index (χ2n) is 3.98. The Morgan fingerprint density at radius 1 is 1.32 bits per heavy atom. The number of halogens is 1. The van der Waals surface area contributed by atoms with Gasteiger partial charge in [-0.1, -0.05) is 22.9 Å². The van der Waals surface area contributed by atoms with Gasteiger partial charge in [-0.3, -0.25) is 9.78 Å². The van der Waals surface area contributed by atoms with Crippen LogP contribution in [-0.2, 0) is 16.0 Å². The summed E-state index contributed by atoms with van der Waals surface area (Å²) >= 11 is 3.47. The number of pyridine rings is 1. The Labute approximate surface area is 122 Å². The lowest BCUT2D eigenvalue weighted by molar-refractivity contribution is -0.128. The molecule has 0 fully saturated rings. The first-order valence-corrected chi connectivity index (χ1v) is 7.02. The molecule has 0 spiro atoms. The first kappa shape index (κ1) is 15.6. The summed E-state index contributed by atoms with van der Waals surface area (Å²) in [5.41, 5.74) is 3.54. The van der Waals surface area contributed by atoms with Gasteiger partial charge in [0, 0.05) is 15.6 Å². The topological polar surface area (TPSA) is 39.2 Å². The highest BCUT2D eigenvalue weighted by atomic mass is 79.9. The number of benzene rings is 1. The Morgan fingerprint density at radius 3 is 2.58 bits per heavy atom. The Kier molecular flexibility index (Phi) is 6.50. The highest BCUT2D eigenvalue weighted by Gasteiger charge is 2.01. The Hall–Kier alpha value is -1.42.